The number of imidazole rings is 1. The van der Waals surface area contributed by atoms with Gasteiger partial charge in [0.15, 0.2) is 5.65 Å². The number of anilines is 1. The van der Waals surface area contributed by atoms with E-state index >= 15 is 0 Å². The summed E-state index contributed by atoms with van der Waals surface area (Å²) in [7, 11) is 0. The first-order chi connectivity index (χ1) is 9.08. The number of rotatable bonds is 1. The van der Waals surface area contributed by atoms with Crippen molar-refractivity contribution in [1.29, 1.82) is 0 Å². The monoisotopic (exact) mass is 296 g/mol. The lowest BCUT2D eigenvalue weighted by Crippen LogP contribution is -2.03. The van der Waals surface area contributed by atoms with Crippen LogP contribution in [-0.2, 0) is 0 Å². The lowest BCUT2D eigenvalue weighted by molar-refractivity contribution is 0.627. The minimum Gasteiger partial charge on any atom is -0.369 e. The Hall–Kier alpha value is -1.85. The second-order valence-electron chi connectivity index (χ2n) is 3.87. The molecule has 0 atom stereocenters. The topological polar surface area (TPSA) is 56.7 Å². The molecule has 2 N–H and O–H groups in total. The molecule has 96 valence electrons. The summed E-state index contributed by atoms with van der Waals surface area (Å²) >= 11 is 12.1. The van der Waals surface area contributed by atoms with Gasteiger partial charge in [-0.3, -0.25) is 4.57 Å². The van der Waals surface area contributed by atoms with Crippen LogP contribution in [0.15, 0.2) is 30.5 Å². The highest BCUT2D eigenvalue weighted by molar-refractivity contribution is 6.38. The minimum atomic E-state index is -0.519. The maximum atomic E-state index is 13.2. The van der Waals surface area contributed by atoms with Crippen molar-refractivity contribution < 1.29 is 4.39 Å². The summed E-state index contributed by atoms with van der Waals surface area (Å²) in [5, 5.41) is 0.281. The lowest BCUT2D eigenvalue weighted by Gasteiger charge is -2.10. The number of pyridine rings is 1. The van der Waals surface area contributed by atoms with Crippen LogP contribution >= 0.6 is 23.2 Å². The van der Waals surface area contributed by atoms with Crippen molar-refractivity contribution in [2.75, 3.05) is 5.73 Å². The van der Waals surface area contributed by atoms with Gasteiger partial charge in [0, 0.05) is 6.20 Å². The van der Waals surface area contributed by atoms with Crippen LogP contribution in [0.3, 0.4) is 0 Å². The van der Waals surface area contributed by atoms with Gasteiger partial charge in [-0.25, -0.2) is 14.4 Å². The van der Waals surface area contributed by atoms with Crippen molar-refractivity contribution in [2.45, 2.75) is 0 Å². The number of nitrogens with zero attached hydrogens (tertiary/aromatic N) is 3. The van der Waals surface area contributed by atoms with Crippen LogP contribution < -0.4 is 5.73 Å². The van der Waals surface area contributed by atoms with Crippen LogP contribution in [0.5, 0.6) is 0 Å². The third-order valence-corrected chi connectivity index (χ3v) is 3.22. The third kappa shape index (κ3) is 1.91. The highest BCUT2D eigenvalue weighted by atomic mass is 35.5. The predicted octanol–water partition coefficient (Wildman–Crippen LogP) is 3.45. The zero-order valence-corrected chi connectivity index (χ0v) is 11.0. The maximum absolute atomic E-state index is 13.2. The van der Waals surface area contributed by atoms with E-state index in [1.165, 1.54) is 4.57 Å². The summed E-state index contributed by atoms with van der Waals surface area (Å²) in [6, 6.07) is 5.83. The van der Waals surface area contributed by atoms with Crippen LogP contribution in [0.2, 0.25) is 10.0 Å². The van der Waals surface area contributed by atoms with Crippen LogP contribution in [0.4, 0.5) is 10.3 Å². The fourth-order valence-corrected chi connectivity index (χ4v) is 2.53. The Kier molecular flexibility index (Phi) is 2.80. The van der Waals surface area contributed by atoms with Crippen molar-refractivity contribution >= 4 is 40.3 Å². The van der Waals surface area contributed by atoms with Crippen molar-refractivity contribution in [3.63, 3.8) is 0 Å². The van der Waals surface area contributed by atoms with Crippen LogP contribution in [-0.4, -0.2) is 14.5 Å². The number of fused-ring (bicyclic) bond motifs is 1. The summed E-state index contributed by atoms with van der Waals surface area (Å²) < 4.78 is 14.7. The molecule has 19 heavy (non-hydrogen) atoms. The van der Waals surface area contributed by atoms with E-state index in [4.69, 9.17) is 28.9 Å². The molecular weight excluding hydrogens is 290 g/mol. The Labute approximate surface area is 117 Å². The molecule has 0 aliphatic rings. The molecule has 3 aromatic rings. The number of benzene rings is 1. The highest BCUT2D eigenvalue weighted by Crippen LogP contribution is 2.33. The van der Waals surface area contributed by atoms with E-state index in [1.54, 1.807) is 18.3 Å². The number of hydrogen-bond donors (Lipinski definition) is 1. The molecule has 0 radical (unpaired) electrons. The molecule has 0 bridgehead atoms. The van der Waals surface area contributed by atoms with Gasteiger partial charge in [-0.05, 0) is 24.3 Å². The van der Waals surface area contributed by atoms with Crippen LogP contribution in [0.1, 0.15) is 0 Å². The Morgan fingerprint density at radius 1 is 1.21 bits per heavy atom. The molecule has 0 unspecified atom stereocenters. The smallest absolute Gasteiger partial charge is 0.207 e. The van der Waals surface area contributed by atoms with E-state index in [0.717, 1.165) is 12.1 Å². The van der Waals surface area contributed by atoms with Gasteiger partial charge in [0.2, 0.25) is 5.95 Å². The summed E-state index contributed by atoms with van der Waals surface area (Å²) in [4.78, 5) is 8.35. The summed E-state index contributed by atoms with van der Waals surface area (Å²) in [6.07, 6.45) is 1.60. The molecule has 0 fully saturated rings. The zero-order valence-electron chi connectivity index (χ0n) is 9.44. The highest BCUT2D eigenvalue weighted by Gasteiger charge is 2.17. The molecule has 4 nitrogen and oxygen atoms in total. The first-order valence-corrected chi connectivity index (χ1v) is 6.07. The van der Waals surface area contributed by atoms with Gasteiger partial charge in [0.25, 0.3) is 0 Å². The SMILES string of the molecule is Nc1nc2cccnc2n1-c1c(Cl)cc(F)cc1Cl. The van der Waals surface area contributed by atoms with Crippen molar-refractivity contribution in [2.24, 2.45) is 0 Å². The second kappa shape index (κ2) is 4.36. The molecule has 7 heteroatoms. The molecule has 0 aliphatic heterocycles. The number of nitrogen functional groups attached to an aromatic ring is 1. The first kappa shape index (κ1) is 12.2. The molecule has 2 heterocycles. The minimum absolute atomic E-state index is 0.140. The fourth-order valence-electron chi connectivity index (χ4n) is 1.90. The summed E-state index contributed by atoms with van der Waals surface area (Å²) in [6.45, 7) is 0. The summed E-state index contributed by atoms with van der Waals surface area (Å²) in [5.74, 6) is -0.334. The van der Waals surface area contributed by atoms with Crippen molar-refractivity contribution in [3.8, 4) is 5.69 Å². The fraction of sp³-hybridized carbons (Fsp3) is 0. The van der Waals surface area contributed by atoms with Crippen molar-refractivity contribution in [1.82, 2.24) is 14.5 Å². The van der Waals surface area contributed by atoms with Gasteiger partial charge in [0.05, 0.1) is 15.7 Å². The maximum Gasteiger partial charge on any atom is 0.207 e. The third-order valence-electron chi connectivity index (χ3n) is 2.65. The van der Waals surface area contributed by atoms with Gasteiger partial charge in [-0.2, -0.15) is 0 Å². The normalized spacial score (nSPS) is 11.1. The molecule has 0 aliphatic carbocycles. The van der Waals surface area contributed by atoms with Gasteiger partial charge in [-0.1, -0.05) is 23.2 Å². The zero-order chi connectivity index (χ0) is 13.6. The Bertz CT molecular complexity index is 761. The Morgan fingerprint density at radius 2 is 1.89 bits per heavy atom. The molecule has 0 saturated heterocycles. The molecular formula is C12H7Cl2FN4. The van der Waals surface area contributed by atoms with E-state index < -0.39 is 5.82 Å². The average molecular weight is 297 g/mol. The number of halogens is 3. The number of hydrogen-bond acceptors (Lipinski definition) is 3. The van der Waals surface area contributed by atoms with Gasteiger partial charge >= 0.3 is 0 Å². The average Bonchev–Trinajstić information content (AvgIpc) is 2.65. The quantitative estimate of drug-likeness (QED) is 0.748. The summed E-state index contributed by atoms with van der Waals surface area (Å²) in [5.41, 5.74) is 7.34. The van der Waals surface area contributed by atoms with E-state index in [0.29, 0.717) is 16.9 Å². The van der Waals surface area contributed by atoms with Crippen LogP contribution in [0.25, 0.3) is 16.9 Å². The molecule has 2 aromatic heterocycles. The molecule has 3 rings (SSSR count). The Morgan fingerprint density at radius 3 is 2.58 bits per heavy atom. The van der Waals surface area contributed by atoms with E-state index in [-0.39, 0.29) is 16.0 Å². The van der Waals surface area contributed by atoms with E-state index in [9.17, 15) is 4.39 Å². The predicted molar refractivity (Wildman–Crippen MR) is 73.3 cm³/mol. The standard InChI is InChI=1S/C12H7Cl2FN4/c13-7-4-6(15)5-8(14)10(7)19-11-9(18-12(19)16)2-1-3-17-11/h1-5H,(H2,16,18). The van der Waals surface area contributed by atoms with E-state index in [2.05, 4.69) is 9.97 Å². The first-order valence-electron chi connectivity index (χ1n) is 5.32. The molecule has 0 saturated carbocycles. The lowest BCUT2D eigenvalue weighted by atomic mass is 10.3. The molecule has 0 spiro atoms. The van der Waals surface area contributed by atoms with E-state index in [1.807, 2.05) is 0 Å². The van der Waals surface area contributed by atoms with Gasteiger partial charge in [0.1, 0.15) is 11.3 Å². The Balaban J connectivity index is 2.40. The van der Waals surface area contributed by atoms with Crippen molar-refractivity contribution in [3.05, 3.63) is 46.3 Å². The molecule has 0 amide bonds. The number of aromatic nitrogens is 3. The van der Waals surface area contributed by atoms with Gasteiger partial charge in [-0.15, -0.1) is 0 Å². The van der Waals surface area contributed by atoms with Crippen LogP contribution in [0, 0.1) is 5.82 Å². The number of nitrogens with two attached hydrogens (primary N) is 1. The largest absolute Gasteiger partial charge is 0.369 e. The molecule has 1 aromatic carbocycles. The second-order valence-corrected chi connectivity index (χ2v) is 4.68. The van der Waals surface area contributed by atoms with Gasteiger partial charge < -0.3 is 5.73 Å².